The van der Waals surface area contributed by atoms with Gasteiger partial charge in [-0.05, 0) is 67.1 Å². The second kappa shape index (κ2) is 4.83. The van der Waals surface area contributed by atoms with Crippen LogP contribution in [-0.4, -0.2) is 11.1 Å². The first kappa shape index (κ1) is 13.5. The summed E-state index contributed by atoms with van der Waals surface area (Å²) in [6, 6.07) is 2.42. The van der Waals surface area contributed by atoms with Gasteiger partial charge in [-0.1, -0.05) is 6.92 Å². The van der Waals surface area contributed by atoms with Crippen LogP contribution in [-0.2, 0) is 0 Å². The van der Waals surface area contributed by atoms with Gasteiger partial charge in [0.1, 0.15) is 17.2 Å². The Hall–Kier alpha value is -1.45. The van der Waals surface area contributed by atoms with Crippen molar-refractivity contribution in [2.75, 3.05) is 0 Å². The summed E-state index contributed by atoms with van der Waals surface area (Å²) >= 11 is 0. The summed E-state index contributed by atoms with van der Waals surface area (Å²) in [5, 5.41) is 8.78. The zero-order chi connectivity index (χ0) is 14.4. The van der Waals surface area contributed by atoms with E-state index in [9.17, 15) is 13.6 Å². The molecular weight excluding hydrogens is 262 g/mol. The van der Waals surface area contributed by atoms with E-state index in [1.807, 2.05) is 0 Å². The molecule has 2 nitrogen and oxygen atoms in total. The summed E-state index contributed by atoms with van der Waals surface area (Å²) in [6.45, 7) is 2.26. The van der Waals surface area contributed by atoms with E-state index in [0.29, 0.717) is 17.4 Å². The van der Waals surface area contributed by atoms with Crippen molar-refractivity contribution in [3.05, 3.63) is 34.9 Å². The lowest BCUT2D eigenvalue weighted by molar-refractivity contribution is 0.0686. The SMILES string of the molecule is CC1CC2CC(c3cc(F)c(C(=O)O)c(F)c3)CC2C1. The first-order valence-corrected chi connectivity index (χ1v) is 7.18. The zero-order valence-corrected chi connectivity index (χ0v) is 11.4. The van der Waals surface area contributed by atoms with Gasteiger partial charge in [-0.15, -0.1) is 0 Å². The van der Waals surface area contributed by atoms with Crippen molar-refractivity contribution < 1.29 is 18.7 Å². The molecule has 2 unspecified atom stereocenters. The molecule has 2 aliphatic carbocycles. The predicted octanol–water partition coefficient (Wildman–Crippen LogP) is 4.20. The van der Waals surface area contributed by atoms with Crippen molar-refractivity contribution in [3.8, 4) is 0 Å². The molecule has 0 aliphatic heterocycles. The maximum absolute atomic E-state index is 13.7. The van der Waals surface area contributed by atoms with Crippen molar-refractivity contribution in [3.63, 3.8) is 0 Å². The van der Waals surface area contributed by atoms with E-state index in [4.69, 9.17) is 5.11 Å². The molecule has 4 heteroatoms. The van der Waals surface area contributed by atoms with Crippen molar-refractivity contribution in [2.24, 2.45) is 17.8 Å². The molecule has 108 valence electrons. The van der Waals surface area contributed by atoms with Crippen LogP contribution < -0.4 is 0 Å². The van der Waals surface area contributed by atoms with Crippen LogP contribution >= 0.6 is 0 Å². The first-order chi connectivity index (χ1) is 9.45. The molecule has 0 spiro atoms. The number of carboxylic acid groups (broad SMARTS) is 1. The molecule has 2 aliphatic rings. The summed E-state index contributed by atoms with van der Waals surface area (Å²) in [5.41, 5.74) is -0.229. The summed E-state index contributed by atoms with van der Waals surface area (Å²) in [5.74, 6) is -1.21. The highest BCUT2D eigenvalue weighted by Gasteiger charge is 2.40. The van der Waals surface area contributed by atoms with Crippen molar-refractivity contribution in [2.45, 2.75) is 38.5 Å². The fraction of sp³-hybridized carbons (Fsp3) is 0.562. The summed E-state index contributed by atoms with van der Waals surface area (Å²) in [4.78, 5) is 10.8. The average Bonchev–Trinajstić information content (AvgIpc) is 2.84. The molecule has 2 saturated carbocycles. The van der Waals surface area contributed by atoms with Crippen LogP contribution in [0.5, 0.6) is 0 Å². The Morgan fingerprint density at radius 1 is 1.10 bits per heavy atom. The van der Waals surface area contributed by atoms with E-state index in [-0.39, 0.29) is 5.92 Å². The molecule has 2 fully saturated rings. The van der Waals surface area contributed by atoms with Gasteiger partial charge in [0.15, 0.2) is 0 Å². The largest absolute Gasteiger partial charge is 0.477 e. The van der Waals surface area contributed by atoms with Crippen LogP contribution in [0.15, 0.2) is 12.1 Å². The van der Waals surface area contributed by atoms with Gasteiger partial charge >= 0.3 is 5.97 Å². The van der Waals surface area contributed by atoms with Crippen LogP contribution in [0.1, 0.15) is 54.4 Å². The van der Waals surface area contributed by atoms with Crippen LogP contribution in [0, 0.1) is 29.4 Å². The van der Waals surface area contributed by atoms with E-state index in [2.05, 4.69) is 6.92 Å². The lowest BCUT2D eigenvalue weighted by Crippen LogP contribution is -2.07. The number of carbonyl (C=O) groups is 1. The lowest BCUT2D eigenvalue weighted by Gasteiger charge is -2.14. The fourth-order valence-electron chi connectivity index (χ4n) is 4.22. The van der Waals surface area contributed by atoms with E-state index >= 15 is 0 Å². The maximum atomic E-state index is 13.7. The molecule has 2 atom stereocenters. The molecular formula is C16H18F2O2. The van der Waals surface area contributed by atoms with Gasteiger partial charge in [0.25, 0.3) is 0 Å². The molecule has 1 aromatic carbocycles. The van der Waals surface area contributed by atoms with Gasteiger partial charge in [0, 0.05) is 0 Å². The normalized spacial score (nSPS) is 32.4. The van der Waals surface area contributed by atoms with Gasteiger partial charge in [0.05, 0.1) is 0 Å². The average molecular weight is 280 g/mol. The van der Waals surface area contributed by atoms with Crippen LogP contribution in [0.4, 0.5) is 8.78 Å². The number of carboxylic acids is 1. The number of aromatic carboxylic acids is 1. The molecule has 0 amide bonds. The second-order valence-corrected chi connectivity index (χ2v) is 6.43. The van der Waals surface area contributed by atoms with E-state index in [0.717, 1.165) is 18.8 Å². The quantitative estimate of drug-likeness (QED) is 0.881. The lowest BCUT2D eigenvalue weighted by atomic mass is 9.92. The van der Waals surface area contributed by atoms with Gasteiger partial charge in [-0.3, -0.25) is 0 Å². The van der Waals surface area contributed by atoms with Gasteiger partial charge in [-0.2, -0.15) is 0 Å². The molecule has 0 aromatic heterocycles. The summed E-state index contributed by atoms with van der Waals surface area (Å²) in [7, 11) is 0. The van der Waals surface area contributed by atoms with E-state index < -0.39 is 23.2 Å². The van der Waals surface area contributed by atoms with Crippen LogP contribution in [0.25, 0.3) is 0 Å². The molecule has 1 N–H and O–H groups in total. The topological polar surface area (TPSA) is 37.3 Å². The Kier molecular flexibility index (Phi) is 3.27. The van der Waals surface area contributed by atoms with Crippen molar-refractivity contribution >= 4 is 5.97 Å². The predicted molar refractivity (Wildman–Crippen MR) is 70.7 cm³/mol. The molecule has 1 aromatic rings. The summed E-state index contributed by atoms with van der Waals surface area (Å²) in [6.07, 6.45) is 4.36. The molecule has 20 heavy (non-hydrogen) atoms. The van der Waals surface area contributed by atoms with E-state index in [1.54, 1.807) is 0 Å². The molecule has 0 bridgehead atoms. The minimum atomic E-state index is -1.55. The van der Waals surface area contributed by atoms with Gasteiger partial charge < -0.3 is 5.11 Å². The molecule has 0 saturated heterocycles. The second-order valence-electron chi connectivity index (χ2n) is 6.43. The highest BCUT2D eigenvalue weighted by atomic mass is 19.1. The smallest absolute Gasteiger partial charge is 0.341 e. The number of hydrogen-bond acceptors (Lipinski definition) is 1. The van der Waals surface area contributed by atoms with Gasteiger partial charge in [-0.25, -0.2) is 13.6 Å². The van der Waals surface area contributed by atoms with Gasteiger partial charge in [0.2, 0.25) is 0 Å². The Bertz CT molecular complexity index is 518. The number of hydrogen-bond donors (Lipinski definition) is 1. The highest BCUT2D eigenvalue weighted by molar-refractivity contribution is 5.88. The van der Waals surface area contributed by atoms with Crippen molar-refractivity contribution in [1.29, 1.82) is 0 Å². The Morgan fingerprint density at radius 2 is 1.60 bits per heavy atom. The molecule has 3 rings (SSSR count). The molecule has 0 heterocycles. The highest BCUT2D eigenvalue weighted by Crippen LogP contribution is 2.52. The summed E-state index contributed by atoms with van der Waals surface area (Å²) < 4.78 is 27.5. The Morgan fingerprint density at radius 3 is 2.05 bits per heavy atom. The standard InChI is InChI=1S/C16H18F2O2/c1-8-2-9-4-11(5-10(9)3-8)12-6-13(17)15(16(19)20)14(18)7-12/h6-11H,2-5H2,1H3,(H,19,20). The third-order valence-corrected chi connectivity index (χ3v) is 5.00. The Labute approximate surface area is 116 Å². The third-order valence-electron chi connectivity index (χ3n) is 5.00. The number of benzene rings is 1. The number of halogens is 2. The first-order valence-electron chi connectivity index (χ1n) is 7.18. The minimum Gasteiger partial charge on any atom is -0.477 e. The van der Waals surface area contributed by atoms with Crippen LogP contribution in [0.3, 0.4) is 0 Å². The number of fused-ring (bicyclic) bond motifs is 1. The van der Waals surface area contributed by atoms with Crippen molar-refractivity contribution in [1.82, 2.24) is 0 Å². The van der Waals surface area contributed by atoms with Crippen LogP contribution in [0.2, 0.25) is 0 Å². The van der Waals surface area contributed by atoms with E-state index in [1.165, 1.54) is 25.0 Å². The zero-order valence-electron chi connectivity index (χ0n) is 11.4. The minimum absolute atomic E-state index is 0.171. The maximum Gasteiger partial charge on any atom is 0.341 e. The Balaban J connectivity index is 1.84. The molecule has 0 radical (unpaired) electrons. The fourth-order valence-corrected chi connectivity index (χ4v) is 4.22. The monoisotopic (exact) mass is 280 g/mol. The number of rotatable bonds is 2. The third kappa shape index (κ3) is 2.21.